The normalized spacial score (nSPS) is 17.0. The zero-order valence-electron chi connectivity index (χ0n) is 10.0. The van der Waals surface area contributed by atoms with Gasteiger partial charge in [-0.15, -0.1) is 0 Å². The molecule has 6 heteroatoms. The molecule has 1 saturated heterocycles. The molecular weight excluding hydrogens is 220 g/mol. The quantitative estimate of drug-likeness (QED) is 0.720. The van der Waals surface area contributed by atoms with Crippen molar-refractivity contribution in [3.63, 3.8) is 0 Å². The highest BCUT2D eigenvalue weighted by atomic mass is 16.5. The van der Waals surface area contributed by atoms with Crippen molar-refractivity contribution >= 4 is 0 Å². The van der Waals surface area contributed by atoms with Crippen LogP contribution in [0.1, 0.15) is 5.69 Å². The maximum atomic E-state index is 11.3. The van der Waals surface area contributed by atoms with Crippen molar-refractivity contribution < 1.29 is 4.74 Å². The van der Waals surface area contributed by atoms with Crippen molar-refractivity contribution in [2.24, 2.45) is 0 Å². The minimum absolute atomic E-state index is 0.160. The second kappa shape index (κ2) is 5.79. The lowest BCUT2D eigenvalue weighted by molar-refractivity contribution is 0.243. The van der Waals surface area contributed by atoms with Crippen molar-refractivity contribution in [3.05, 3.63) is 22.1 Å². The third-order valence-electron chi connectivity index (χ3n) is 2.86. The number of aromatic amines is 1. The predicted octanol–water partition coefficient (Wildman–Crippen LogP) is -0.774. The van der Waals surface area contributed by atoms with E-state index in [1.54, 1.807) is 0 Å². The molecule has 1 aromatic rings. The number of hydrogen-bond donors (Lipinski definition) is 2. The zero-order valence-corrected chi connectivity index (χ0v) is 10.0. The van der Waals surface area contributed by atoms with Gasteiger partial charge in [0.25, 0.3) is 11.6 Å². The molecule has 2 rings (SSSR count). The Morgan fingerprint density at radius 2 is 2.24 bits per heavy atom. The number of nitrogens with zero attached hydrogens (tertiary/aromatic N) is 2. The minimum atomic E-state index is -0.160. The van der Waals surface area contributed by atoms with Gasteiger partial charge in [-0.05, 0) is 0 Å². The molecule has 0 aromatic carbocycles. The van der Waals surface area contributed by atoms with Crippen molar-refractivity contribution in [3.8, 4) is 6.01 Å². The molecule has 94 valence electrons. The maximum Gasteiger partial charge on any atom is 0.296 e. The SMILES string of the molecule is COc1nc(CCN2CCNCC2)cc(=O)[nH]1. The van der Waals surface area contributed by atoms with E-state index in [0.717, 1.165) is 44.8 Å². The van der Waals surface area contributed by atoms with Gasteiger partial charge in [0.1, 0.15) is 0 Å². The fraction of sp³-hybridized carbons (Fsp3) is 0.636. The van der Waals surface area contributed by atoms with E-state index in [0.29, 0.717) is 0 Å². The Kier molecular flexibility index (Phi) is 4.11. The van der Waals surface area contributed by atoms with E-state index in [1.807, 2.05) is 0 Å². The summed E-state index contributed by atoms with van der Waals surface area (Å²) < 4.78 is 4.94. The van der Waals surface area contributed by atoms with E-state index < -0.39 is 0 Å². The number of rotatable bonds is 4. The highest BCUT2D eigenvalue weighted by molar-refractivity contribution is 5.06. The van der Waals surface area contributed by atoms with Gasteiger partial charge < -0.3 is 15.0 Å². The first-order valence-corrected chi connectivity index (χ1v) is 5.85. The summed E-state index contributed by atoms with van der Waals surface area (Å²) in [5.41, 5.74) is 0.622. The van der Waals surface area contributed by atoms with Gasteiger partial charge >= 0.3 is 0 Å². The molecule has 2 N–H and O–H groups in total. The molecule has 0 unspecified atom stereocenters. The van der Waals surface area contributed by atoms with Crippen LogP contribution in [0.25, 0.3) is 0 Å². The van der Waals surface area contributed by atoms with Crippen molar-refractivity contribution in [2.75, 3.05) is 39.8 Å². The first-order chi connectivity index (χ1) is 8.28. The number of methoxy groups -OCH3 is 1. The summed E-state index contributed by atoms with van der Waals surface area (Å²) in [5, 5.41) is 3.31. The standard InChI is InChI=1S/C11H18N4O2/c1-17-11-13-9(8-10(16)14-11)2-5-15-6-3-12-4-7-15/h8,12H,2-7H2,1H3,(H,13,14,16). The van der Waals surface area contributed by atoms with Crippen LogP contribution in [0.2, 0.25) is 0 Å². The molecule has 0 saturated carbocycles. The number of hydrogen-bond acceptors (Lipinski definition) is 5. The fourth-order valence-electron chi connectivity index (χ4n) is 1.92. The molecule has 1 aromatic heterocycles. The number of aromatic nitrogens is 2. The Morgan fingerprint density at radius 3 is 2.94 bits per heavy atom. The van der Waals surface area contributed by atoms with E-state index in [2.05, 4.69) is 20.2 Å². The van der Waals surface area contributed by atoms with Crippen LogP contribution >= 0.6 is 0 Å². The molecule has 17 heavy (non-hydrogen) atoms. The van der Waals surface area contributed by atoms with Crippen molar-refractivity contribution in [1.29, 1.82) is 0 Å². The number of nitrogens with one attached hydrogen (secondary N) is 2. The lowest BCUT2D eigenvalue weighted by Gasteiger charge is -2.26. The molecular formula is C11H18N4O2. The molecule has 6 nitrogen and oxygen atoms in total. The summed E-state index contributed by atoms with van der Waals surface area (Å²) in [6.07, 6.45) is 0.778. The molecule has 0 amide bonds. The molecule has 0 atom stereocenters. The fourth-order valence-corrected chi connectivity index (χ4v) is 1.92. The molecule has 1 aliphatic heterocycles. The summed E-state index contributed by atoms with van der Waals surface area (Å²) in [5.74, 6) is 0. The van der Waals surface area contributed by atoms with Crippen molar-refractivity contribution in [2.45, 2.75) is 6.42 Å². The second-order valence-electron chi connectivity index (χ2n) is 4.09. The number of piperazine rings is 1. The molecule has 1 fully saturated rings. The molecule has 0 bridgehead atoms. The van der Waals surface area contributed by atoms with E-state index in [1.165, 1.54) is 13.2 Å². The van der Waals surface area contributed by atoms with Gasteiger partial charge in [0.15, 0.2) is 0 Å². The Labute approximate surface area is 100 Å². The predicted molar refractivity (Wildman–Crippen MR) is 64.4 cm³/mol. The Morgan fingerprint density at radius 1 is 1.47 bits per heavy atom. The summed E-state index contributed by atoms with van der Waals surface area (Å²) in [4.78, 5) is 20.4. The lowest BCUT2D eigenvalue weighted by Crippen LogP contribution is -2.44. The Hall–Kier alpha value is -1.40. The van der Waals surface area contributed by atoms with Crippen molar-refractivity contribution in [1.82, 2.24) is 20.2 Å². The summed E-state index contributed by atoms with van der Waals surface area (Å²) >= 11 is 0. The molecule has 0 spiro atoms. The average Bonchev–Trinajstić information content (AvgIpc) is 2.37. The highest BCUT2D eigenvalue weighted by Crippen LogP contribution is 2.01. The van der Waals surface area contributed by atoms with Gasteiger partial charge in [-0.2, -0.15) is 0 Å². The smallest absolute Gasteiger partial charge is 0.296 e. The Bertz CT molecular complexity index is 412. The van der Waals surface area contributed by atoms with Gasteiger partial charge in [-0.1, -0.05) is 0 Å². The summed E-state index contributed by atoms with van der Waals surface area (Å²) in [7, 11) is 1.50. The largest absolute Gasteiger partial charge is 0.468 e. The third kappa shape index (κ3) is 3.54. The second-order valence-corrected chi connectivity index (χ2v) is 4.09. The number of H-pyrrole nitrogens is 1. The first kappa shape index (κ1) is 12.1. The summed E-state index contributed by atoms with van der Waals surface area (Å²) in [6, 6.07) is 1.82. The van der Waals surface area contributed by atoms with Crippen LogP contribution in [0.3, 0.4) is 0 Å². The van der Waals surface area contributed by atoms with Crippen LogP contribution in [0.15, 0.2) is 10.9 Å². The third-order valence-corrected chi connectivity index (χ3v) is 2.86. The molecule has 0 radical (unpaired) electrons. The van der Waals surface area contributed by atoms with Gasteiger partial charge in [0, 0.05) is 45.2 Å². The molecule has 1 aliphatic rings. The van der Waals surface area contributed by atoms with Gasteiger partial charge in [-0.25, -0.2) is 4.98 Å². The van der Waals surface area contributed by atoms with E-state index in [-0.39, 0.29) is 11.6 Å². The monoisotopic (exact) mass is 238 g/mol. The van der Waals surface area contributed by atoms with E-state index in [4.69, 9.17) is 4.74 Å². The van der Waals surface area contributed by atoms with Crippen LogP contribution in [0.5, 0.6) is 6.01 Å². The summed E-state index contributed by atoms with van der Waals surface area (Å²) in [6.45, 7) is 5.11. The Balaban J connectivity index is 1.93. The van der Waals surface area contributed by atoms with Crippen LogP contribution < -0.4 is 15.6 Å². The molecule has 2 heterocycles. The van der Waals surface area contributed by atoms with E-state index in [9.17, 15) is 4.79 Å². The lowest BCUT2D eigenvalue weighted by atomic mass is 10.2. The van der Waals surface area contributed by atoms with Crippen LogP contribution in [0.4, 0.5) is 0 Å². The van der Waals surface area contributed by atoms with Gasteiger partial charge in [0.2, 0.25) is 0 Å². The van der Waals surface area contributed by atoms with Crippen LogP contribution in [-0.2, 0) is 6.42 Å². The first-order valence-electron chi connectivity index (χ1n) is 5.85. The van der Waals surface area contributed by atoms with E-state index >= 15 is 0 Å². The van der Waals surface area contributed by atoms with Crippen LogP contribution in [-0.4, -0.2) is 54.7 Å². The average molecular weight is 238 g/mol. The maximum absolute atomic E-state index is 11.3. The van der Waals surface area contributed by atoms with Crippen LogP contribution in [0, 0.1) is 0 Å². The zero-order chi connectivity index (χ0) is 12.1. The van der Waals surface area contributed by atoms with Gasteiger partial charge in [0.05, 0.1) is 12.8 Å². The highest BCUT2D eigenvalue weighted by Gasteiger charge is 2.10. The number of ether oxygens (including phenoxy) is 1. The minimum Gasteiger partial charge on any atom is -0.468 e. The molecule has 0 aliphatic carbocycles. The van der Waals surface area contributed by atoms with Gasteiger partial charge in [-0.3, -0.25) is 9.78 Å². The topological polar surface area (TPSA) is 70.2 Å².